The fourth-order valence-corrected chi connectivity index (χ4v) is 5.73. The standard InChI is InChI=1S/C31H22O2S/c1-2-33-31(32)29-19-28-26(24-13-11-20-7-3-5-9-22(20)17-24)15-16-27(30(28)34-29)25-14-12-21-8-4-6-10-23(21)18-25/h3-19H,2H2,1H3. The molecule has 0 amide bonds. The average molecular weight is 459 g/mol. The van der Waals surface area contributed by atoms with Gasteiger partial charge in [-0.25, -0.2) is 4.79 Å². The zero-order valence-corrected chi connectivity index (χ0v) is 19.6. The highest BCUT2D eigenvalue weighted by Crippen LogP contribution is 2.42. The monoisotopic (exact) mass is 458 g/mol. The first-order valence-electron chi connectivity index (χ1n) is 11.4. The Hall–Kier alpha value is -3.95. The van der Waals surface area contributed by atoms with Crippen LogP contribution in [0.15, 0.2) is 103 Å². The van der Waals surface area contributed by atoms with Crippen LogP contribution in [0, 0.1) is 0 Å². The molecule has 1 heterocycles. The number of thiophene rings is 1. The molecule has 0 radical (unpaired) electrons. The molecule has 0 spiro atoms. The molecule has 6 aromatic rings. The van der Waals surface area contributed by atoms with Crippen molar-refractivity contribution in [3.8, 4) is 22.3 Å². The minimum absolute atomic E-state index is 0.266. The van der Waals surface area contributed by atoms with Crippen molar-refractivity contribution in [1.82, 2.24) is 0 Å². The van der Waals surface area contributed by atoms with Gasteiger partial charge in [0.05, 0.1) is 6.61 Å². The van der Waals surface area contributed by atoms with Gasteiger partial charge in [0, 0.05) is 10.1 Å². The molecule has 3 heteroatoms. The minimum Gasteiger partial charge on any atom is -0.462 e. The molecule has 1 aromatic heterocycles. The summed E-state index contributed by atoms with van der Waals surface area (Å²) >= 11 is 1.51. The molecule has 34 heavy (non-hydrogen) atoms. The first-order valence-corrected chi connectivity index (χ1v) is 12.2. The molecule has 0 aliphatic heterocycles. The van der Waals surface area contributed by atoms with E-state index in [0.29, 0.717) is 11.5 Å². The zero-order chi connectivity index (χ0) is 23.1. The molecule has 0 saturated carbocycles. The number of ether oxygens (including phenoxy) is 1. The van der Waals surface area contributed by atoms with Gasteiger partial charge in [0.25, 0.3) is 0 Å². The van der Waals surface area contributed by atoms with Crippen molar-refractivity contribution in [3.05, 3.63) is 108 Å². The molecule has 0 bridgehead atoms. The van der Waals surface area contributed by atoms with Crippen molar-refractivity contribution in [2.24, 2.45) is 0 Å². The van der Waals surface area contributed by atoms with Gasteiger partial charge >= 0.3 is 5.97 Å². The van der Waals surface area contributed by atoms with Gasteiger partial charge in [-0.1, -0.05) is 84.9 Å². The topological polar surface area (TPSA) is 26.3 Å². The van der Waals surface area contributed by atoms with Crippen LogP contribution in [-0.4, -0.2) is 12.6 Å². The summed E-state index contributed by atoms with van der Waals surface area (Å²) in [4.78, 5) is 13.3. The fraction of sp³-hybridized carbons (Fsp3) is 0.0645. The highest BCUT2D eigenvalue weighted by atomic mass is 32.1. The maximum atomic E-state index is 12.6. The van der Waals surface area contributed by atoms with Crippen molar-refractivity contribution in [2.45, 2.75) is 6.92 Å². The molecule has 0 aliphatic carbocycles. The summed E-state index contributed by atoms with van der Waals surface area (Å²) in [7, 11) is 0. The lowest BCUT2D eigenvalue weighted by Gasteiger charge is -2.10. The number of carbonyl (C=O) groups excluding carboxylic acids is 1. The Morgan fingerprint density at radius 2 is 1.24 bits per heavy atom. The molecule has 0 fully saturated rings. The number of rotatable bonds is 4. The third kappa shape index (κ3) is 3.55. The van der Waals surface area contributed by atoms with Crippen LogP contribution in [0.2, 0.25) is 0 Å². The Labute approximate surface area is 202 Å². The van der Waals surface area contributed by atoms with Gasteiger partial charge in [-0.15, -0.1) is 11.3 Å². The molecule has 5 aromatic carbocycles. The van der Waals surface area contributed by atoms with Crippen molar-refractivity contribution < 1.29 is 9.53 Å². The van der Waals surface area contributed by atoms with Gasteiger partial charge < -0.3 is 4.74 Å². The highest BCUT2D eigenvalue weighted by Gasteiger charge is 2.18. The van der Waals surface area contributed by atoms with Gasteiger partial charge in [0.1, 0.15) is 4.88 Å². The summed E-state index contributed by atoms with van der Waals surface area (Å²) in [6.07, 6.45) is 0. The molecule has 0 saturated heterocycles. The number of fused-ring (bicyclic) bond motifs is 3. The first-order chi connectivity index (χ1) is 16.7. The molecule has 0 atom stereocenters. The average Bonchev–Trinajstić information content (AvgIpc) is 3.33. The van der Waals surface area contributed by atoms with Gasteiger partial charge in [0.15, 0.2) is 0 Å². The van der Waals surface area contributed by atoms with Crippen molar-refractivity contribution in [3.63, 3.8) is 0 Å². The number of benzene rings is 5. The molecule has 2 nitrogen and oxygen atoms in total. The van der Waals surface area contributed by atoms with Crippen LogP contribution in [0.3, 0.4) is 0 Å². The Morgan fingerprint density at radius 3 is 1.85 bits per heavy atom. The predicted molar refractivity (Wildman–Crippen MR) is 144 cm³/mol. The van der Waals surface area contributed by atoms with Crippen LogP contribution in [-0.2, 0) is 4.74 Å². The van der Waals surface area contributed by atoms with Gasteiger partial charge in [-0.05, 0) is 68.9 Å². The van der Waals surface area contributed by atoms with Crippen LogP contribution in [0.4, 0.5) is 0 Å². The van der Waals surface area contributed by atoms with Gasteiger partial charge in [-0.3, -0.25) is 0 Å². The third-order valence-corrected chi connectivity index (χ3v) is 7.43. The summed E-state index contributed by atoms with van der Waals surface area (Å²) in [6, 6.07) is 36.2. The van der Waals surface area contributed by atoms with E-state index in [-0.39, 0.29) is 5.97 Å². The van der Waals surface area contributed by atoms with E-state index < -0.39 is 0 Å². The van der Waals surface area contributed by atoms with Crippen molar-refractivity contribution in [1.29, 1.82) is 0 Å². The third-order valence-electron chi connectivity index (χ3n) is 6.28. The highest BCUT2D eigenvalue weighted by molar-refractivity contribution is 7.21. The molecule has 164 valence electrons. The molecule has 0 N–H and O–H groups in total. The second-order valence-electron chi connectivity index (χ2n) is 8.36. The van der Waals surface area contributed by atoms with Crippen LogP contribution in [0.1, 0.15) is 16.6 Å². The number of hydrogen-bond donors (Lipinski definition) is 0. The molecule has 0 aliphatic rings. The molecular formula is C31H22O2S. The van der Waals surface area contributed by atoms with E-state index in [4.69, 9.17) is 4.74 Å². The molecular weight excluding hydrogens is 436 g/mol. The lowest BCUT2D eigenvalue weighted by molar-refractivity contribution is 0.0532. The predicted octanol–water partition coefficient (Wildman–Crippen LogP) is 8.72. The first kappa shape index (κ1) is 20.6. The van der Waals surface area contributed by atoms with Gasteiger partial charge in [0.2, 0.25) is 0 Å². The fourth-order valence-electron chi connectivity index (χ4n) is 4.62. The zero-order valence-electron chi connectivity index (χ0n) is 18.7. The van der Waals surface area contributed by atoms with E-state index in [0.717, 1.165) is 32.3 Å². The van der Waals surface area contributed by atoms with Crippen LogP contribution >= 0.6 is 11.3 Å². The van der Waals surface area contributed by atoms with Crippen LogP contribution in [0.5, 0.6) is 0 Å². The summed E-state index contributed by atoms with van der Waals surface area (Å²) in [5, 5.41) is 5.91. The summed E-state index contributed by atoms with van der Waals surface area (Å²) in [5.41, 5.74) is 4.54. The Balaban J connectivity index is 1.58. The normalized spacial score (nSPS) is 11.3. The van der Waals surface area contributed by atoms with Crippen molar-refractivity contribution in [2.75, 3.05) is 6.61 Å². The lowest BCUT2D eigenvalue weighted by Crippen LogP contribution is -2.01. The van der Waals surface area contributed by atoms with E-state index in [1.807, 2.05) is 13.0 Å². The van der Waals surface area contributed by atoms with E-state index >= 15 is 0 Å². The number of esters is 1. The maximum absolute atomic E-state index is 12.6. The largest absolute Gasteiger partial charge is 0.462 e. The maximum Gasteiger partial charge on any atom is 0.348 e. The Bertz CT molecular complexity index is 1580. The van der Waals surface area contributed by atoms with E-state index in [9.17, 15) is 4.79 Å². The summed E-state index contributed by atoms with van der Waals surface area (Å²) in [6.45, 7) is 2.20. The second kappa shape index (κ2) is 8.44. The van der Waals surface area contributed by atoms with Gasteiger partial charge in [-0.2, -0.15) is 0 Å². The van der Waals surface area contributed by atoms with E-state index in [1.165, 1.54) is 32.9 Å². The molecule has 6 rings (SSSR count). The van der Waals surface area contributed by atoms with Crippen LogP contribution < -0.4 is 0 Å². The summed E-state index contributed by atoms with van der Waals surface area (Å²) in [5.74, 6) is -0.266. The Kier molecular flexibility index (Phi) is 5.12. The smallest absolute Gasteiger partial charge is 0.348 e. The summed E-state index contributed by atoms with van der Waals surface area (Å²) < 4.78 is 6.44. The number of hydrogen-bond acceptors (Lipinski definition) is 3. The second-order valence-corrected chi connectivity index (χ2v) is 9.41. The van der Waals surface area contributed by atoms with E-state index in [1.54, 1.807) is 0 Å². The molecule has 0 unspecified atom stereocenters. The van der Waals surface area contributed by atoms with Crippen LogP contribution in [0.25, 0.3) is 53.9 Å². The Morgan fingerprint density at radius 1 is 0.676 bits per heavy atom. The lowest BCUT2D eigenvalue weighted by atomic mass is 9.94. The van der Waals surface area contributed by atoms with Crippen molar-refractivity contribution >= 4 is 48.9 Å². The minimum atomic E-state index is -0.266. The quantitative estimate of drug-likeness (QED) is 0.247. The number of carbonyl (C=O) groups is 1. The SMILES string of the molecule is CCOC(=O)c1cc2c(-c3ccc4ccccc4c3)ccc(-c3ccc4ccccc4c3)c2s1. The van der Waals surface area contributed by atoms with E-state index in [2.05, 4.69) is 97.1 Å².